The lowest BCUT2D eigenvalue weighted by molar-refractivity contribution is -0.126. The fourth-order valence-corrected chi connectivity index (χ4v) is 1.86. The first-order valence-corrected chi connectivity index (χ1v) is 7.16. The topological polar surface area (TPSA) is 84.2 Å². The molecular weight excluding hydrogens is 294 g/mol. The molecule has 2 N–H and O–H groups in total. The van der Waals surface area contributed by atoms with Gasteiger partial charge in [0.1, 0.15) is 0 Å². The van der Waals surface area contributed by atoms with Gasteiger partial charge in [0.25, 0.3) is 0 Å². The summed E-state index contributed by atoms with van der Waals surface area (Å²) >= 11 is 0. The summed E-state index contributed by atoms with van der Waals surface area (Å²) < 4.78 is 5.61. The highest BCUT2D eigenvalue weighted by atomic mass is 16.4. The number of oxazole rings is 1. The highest BCUT2D eigenvalue weighted by Gasteiger charge is 2.09. The number of aromatic nitrogens is 1. The molecule has 1 aromatic heterocycles. The van der Waals surface area contributed by atoms with E-state index in [0.717, 1.165) is 5.56 Å². The van der Waals surface area contributed by atoms with Gasteiger partial charge in [-0.1, -0.05) is 36.3 Å². The van der Waals surface area contributed by atoms with Crippen molar-refractivity contribution in [2.75, 3.05) is 13.1 Å². The minimum Gasteiger partial charge on any atom is -0.441 e. The van der Waals surface area contributed by atoms with Crippen LogP contribution in [-0.2, 0) is 16.0 Å². The molecule has 0 atom stereocenters. The lowest BCUT2D eigenvalue weighted by Crippen LogP contribution is -2.37. The first-order valence-electron chi connectivity index (χ1n) is 7.16. The van der Waals surface area contributed by atoms with Gasteiger partial charge in [-0.2, -0.15) is 0 Å². The van der Waals surface area contributed by atoms with E-state index in [1.165, 1.54) is 0 Å². The molecule has 1 heterocycles. The Morgan fingerprint density at radius 3 is 2.70 bits per heavy atom. The number of terminal acetylenes is 1. The van der Waals surface area contributed by atoms with Gasteiger partial charge < -0.3 is 15.1 Å². The first-order chi connectivity index (χ1) is 11.2. The summed E-state index contributed by atoms with van der Waals surface area (Å²) in [5, 5.41) is 4.97. The zero-order chi connectivity index (χ0) is 16.5. The molecule has 0 bridgehead atoms. The second-order valence-electron chi connectivity index (χ2n) is 4.74. The van der Waals surface area contributed by atoms with Crippen molar-refractivity contribution >= 4 is 11.8 Å². The zero-order valence-electron chi connectivity index (χ0n) is 12.5. The van der Waals surface area contributed by atoms with Gasteiger partial charge in [0.2, 0.25) is 11.8 Å². The van der Waals surface area contributed by atoms with Crippen molar-refractivity contribution in [1.82, 2.24) is 15.6 Å². The molecule has 0 aliphatic heterocycles. The summed E-state index contributed by atoms with van der Waals surface area (Å²) in [6.45, 7) is 0.0502. The Morgan fingerprint density at radius 1 is 1.17 bits per heavy atom. The standard InChI is InChI=1S/C17H17N3O3/c1-2-10-18-16(22)12-19-15(21)8-9-17-20-11-14(23-17)13-6-4-3-5-7-13/h1,3-7,11H,8-10,12H2,(H,18,22)(H,19,21). The van der Waals surface area contributed by atoms with Crippen LogP contribution in [-0.4, -0.2) is 29.9 Å². The van der Waals surface area contributed by atoms with E-state index in [1.807, 2.05) is 30.3 Å². The van der Waals surface area contributed by atoms with E-state index in [1.54, 1.807) is 6.20 Å². The molecule has 0 aliphatic rings. The maximum Gasteiger partial charge on any atom is 0.240 e. The largest absolute Gasteiger partial charge is 0.441 e. The number of benzene rings is 1. The Bertz CT molecular complexity index is 701. The SMILES string of the molecule is C#CCNC(=O)CNC(=O)CCc1ncc(-c2ccccc2)o1. The summed E-state index contributed by atoms with van der Waals surface area (Å²) in [6, 6.07) is 9.59. The number of nitrogens with one attached hydrogen (secondary N) is 2. The van der Waals surface area contributed by atoms with Gasteiger partial charge in [0.15, 0.2) is 11.7 Å². The van der Waals surface area contributed by atoms with Crippen molar-refractivity contribution in [3.05, 3.63) is 42.4 Å². The molecule has 2 amide bonds. The maximum absolute atomic E-state index is 11.7. The van der Waals surface area contributed by atoms with Gasteiger partial charge in [-0.3, -0.25) is 9.59 Å². The Kier molecular flexibility index (Phi) is 5.95. The second-order valence-corrected chi connectivity index (χ2v) is 4.74. The molecule has 1 aromatic carbocycles. The third kappa shape index (κ3) is 5.32. The Morgan fingerprint density at radius 2 is 1.96 bits per heavy atom. The van der Waals surface area contributed by atoms with E-state index in [-0.39, 0.29) is 31.3 Å². The molecule has 0 fully saturated rings. The van der Waals surface area contributed by atoms with Crippen LogP contribution in [0, 0.1) is 12.3 Å². The number of hydrogen-bond acceptors (Lipinski definition) is 4. The van der Waals surface area contributed by atoms with Gasteiger partial charge in [0.05, 0.1) is 19.3 Å². The third-order valence-electron chi connectivity index (χ3n) is 3.01. The lowest BCUT2D eigenvalue weighted by Gasteiger charge is -2.04. The van der Waals surface area contributed by atoms with Gasteiger partial charge in [-0.25, -0.2) is 4.98 Å². The molecule has 0 saturated carbocycles. The third-order valence-corrected chi connectivity index (χ3v) is 3.01. The summed E-state index contributed by atoms with van der Waals surface area (Å²) in [4.78, 5) is 27.1. The molecule has 2 rings (SSSR count). The van der Waals surface area contributed by atoms with Crippen molar-refractivity contribution in [2.45, 2.75) is 12.8 Å². The van der Waals surface area contributed by atoms with Crippen molar-refractivity contribution in [3.63, 3.8) is 0 Å². The second kappa shape index (κ2) is 8.39. The molecule has 2 aromatic rings. The average Bonchev–Trinajstić information content (AvgIpc) is 3.06. The fourth-order valence-electron chi connectivity index (χ4n) is 1.86. The van der Waals surface area contributed by atoms with Gasteiger partial charge in [-0.15, -0.1) is 6.42 Å². The number of hydrogen-bond donors (Lipinski definition) is 2. The summed E-state index contributed by atoms with van der Waals surface area (Å²) in [7, 11) is 0. The quantitative estimate of drug-likeness (QED) is 0.751. The predicted octanol–water partition coefficient (Wildman–Crippen LogP) is 1.14. The number of carbonyl (C=O) groups is 2. The Labute approximate surface area is 134 Å². The van der Waals surface area contributed by atoms with E-state index in [9.17, 15) is 9.59 Å². The van der Waals surface area contributed by atoms with E-state index in [4.69, 9.17) is 10.8 Å². The molecule has 0 spiro atoms. The molecule has 0 unspecified atom stereocenters. The van der Waals surface area contributed by atoms with Crippen LogP contribution in [0.2, 0.25) is 0 Å². The normalized spacial score (nSPS) is 9.87. The Balaban J connectivity index is 1.76. The summed E-state index contributed by atoms with van der Waals surface area (Å²) in [6.07, 6.45) is 7.21. The molecule has 6 nitrogen and oxygen atoms in total. The lowest BCUT2D eigenvalue weighted by atomic mass is 10.2. The molecule has 0 saturated heterocycles. The minimum absolute atomic E-state index is 0.0959. The summed E-state index contributed by atoms with van der Waals surface area (Å²) in [5.41, 5.74) is 0.931. The summed E-state index contributed by atoms with van der Waals surface area (Å²) in [5.74, 6) is 2.86. The molecule has 118 valence electrons. The smallest absolute Gasteiger partial charge is 0.240 e. The van der Waals surface area contributed by atoms with E-state index >= 15 is 0 Å². The average molecular weight is 311 g/mol. The van der Waals surface area contributed by atoms with Crippen molar-refractivity contribution < 1.29 is 14.0 Å². The minimum atomic E-state index is -0.321. The number of aryl methyl sites for hydroxylation is 1. The molecule has 23 heavy (non-hydrogen) atoms. The molecule has 0 radical (unpaired) electrons. The van der Waals surface area contributed by atoms with Gasteiger partial charge in [-0.05, 0) is 0 Å². The van der Waals surface area contributed by atoms with Crippen LogP contribution in [0.4, 0.5) is 0 Å². The molecule has 0 aliphatic carbocycles. The van der Waals surface area contributed by atoms with E-state index in [2.05, 4.69) is 21.5 Å². The van der Waals surface area contributed by atoms with Crippen LogP contribution in [0.3, 0.4) is 0 Å². The van der Waals surface area contributed by atoms with Crippen molar-refractivity contribution in [1.29, 1.82) is 0 Å². The van der Waals surface area contributed by atoms with E-state index < -0.39 is 0 Å². The molecular formula is C17H17N3O3. The van der Waals surface area contributed by atoms with Gasteiger partial charge in [0, 0.05) is 18.4 Å². The van der Waals surface area contributed by atoms with Crippen molar-refractivity contribution in [2.24, 2.45) is 0 Å². The van der Waals surface area contributed by atoms with Crippen molar-refractivity contribution in [3.8, 4) is 23.7 Å². The maximum atomic E-state index is 11.7. The van der Waals surface area contributed by atoms with Crippen LogP contribution < -0.4 is 10.6 Å². The van der Waals surface area contributed by atoms with Crippen LogP contribution in [0.5, 0.6) is 0 Å². The highest BCUT2D eigenvalue weighted by Crippen LogP contribution is 2.20. The van der Waals surface area contributed by atoms with Crippen LogP contribution in [0.25, 0.3) is 11.3 Å². The zero-order valence-corrected chi connectivity index (χ0v) is 12.5. The number of carbonyl (C=O) groups excluding carboxylic acids is 2. The Hall–Kier alpha value is -3.07. The fraction of sp³-hybridized carbons (Fsp3) is 0.235. The predicted molar refractivity (Wildman–Crippen MR) is 85.1 cm³/mol. The number of amides is 2. The number of nitrogens with zero attached hydrogens (tertiary/aromatic N) is 1. The van der Waals surface area contributed by atoms with Crippen LogP contribution in [0.1, 0.15) is 12.3 Å². The first kappa shape index (κ1) is 16.3. The highest BCUT2D eigenvalue weighted by molar-refractivity contribution is 5.84. The van der Waals surface area contributed by atoms with Crippen LogP contribution in [0.15, 0.2) is 40.9 Å². The van der Waals surface area contributed by atoms with Crippen LogP contribution >= 0.6 is 0 Å². The number of rotatable bonds is 7. The van der Waals surface area contributed by atoms with E-state index in [0.29, 0.717) is 18.1 Å². The monoisotopic (exact) mass is 311 g/mol. The van der Waals surface area contributed by atoms with Gasteiger partial charge >= 0.3 is 0 Å². The molecule has 6 heteroatoms.